The molecule has 6 nitrogen and oxygen atoms in total. The summed E-state index contributed by atoms with van der Waals surface area (Å²) in [5.41, 5.74) is 4.58. The average molecular weight is 384 g/mol. The van der Waals surface area contributed by atoms with E-state index in [1.807, 2.05) is 24.7 Å². The summed E-state index contributed by atoms with van der Waals surface area (Å²) in [6, 6.07) is 8.25. The van der Waals surface area contributed by atoms with Crippen LogP contribution in [0.15, 0.2) is 29.3 Å². The van der Waals surface area contributed by atoms with Crippen molar-refractivity contribution in [1.82, 2.24) is 20.4 Å². The molecule has 1 aliphatic rings. The van der Waals surface area contributed by atoms with E-state index in [1.165, 1.54) is 24.1 Å². The highest BCUT2D eigenvalue weighted by Crippen LogP contribution is 2.27. The van der Waals surface area contributed by atoms with Gasteiger partial charge >= 0.3 is 0 Å². The lowest BCUT2D eigenvalue weighted by Gasteiger charge is -2.16. The van der Waals surface area contributed by atoms with Gasteiger partial charge in [0, 0.05) is 37.0 Å². The fourth-order valence-corrected chi connectivity index (χ4v) is 3.69. The zero-order chi connectivity index (χ0) is 19.9. The minimum absolute atomic E-state index is 0.355. The average Bonchev–Trinajstić information content (AvgIpc) is 3.27. The second-order valence-corrected chi connectivity index (χ2v) is 7.45. The van der Waals surface area contributed by atoms with Gasteiger partial charge in [-0.2, -0.15) is 5.10 Å². The molecular formula is C22H33N5O. The first-order valence-electron chi connectivity index (χ1n) is 10.3. The molecule has 0 saturated heterocycles. The Morgan fingerprint density at radius 3 is 2.64 bits per heavy atom. The van der Waals surface area contributed by atoms with Crippen molar-refractivity contribution in [2.75, 3.05) is 6.54 Å². The third-order valence-electron chi connectivity index (χ3n) is 5.41. The first-order chi connectivity index (χ1) is 13.6. The summed E-state index contributed by atoms with van der Waals surface area (Å²) in [6.45, 7) is 8.33. The smallest absolute Gasteiger partial charge is 0.191 e. The molecule has 0 unspecified atom stereocenters. The number of nitrogens with one attached hydrogen (secondary N) is 2. The summed E-state index contributed by atoms with van der Waals surface area (Å²) in [4.78, 5) is 4.79. The van der Waals surface area contributed by atoms with E-state index >= 15 is 0 Å². The van der Waals surface area contributed by atoms with Gasteiger partial charge < -0.3 is 15.4 Å². The fraction of sp³-hybridized carbons (Fsp3) is 0.545. The number of benzene rings is 1. The van der Waals surface area contributed by atoms with Gasteiger partial charge in [0.1, 0.15) is 5.75 Å². The maximum Gasteiger partial charge on any atom is 0.191 e. The normalized spacial score (nSPS) is 15.1. The molecule has 0 bridgehead atoms. The molecule has 0 radical (unpaired) electrons. The minimum atomic E-state index is 0.355. The summed E-state index contributed by atoms with van der Waals surface area (Å²) in [5.74, 6) is 1.77. The Hall–Kier alpha value is -2.50. The van der Waals surface area contributed by atoms with Crippen LogP contribution in [0.1, 0.15) is 55.1 Å². The van der Waals surface area contributed by atoms with Crippen molar-refractivity contribution in [2.45, 2.75) is 65.6 Å². The quantitative estimate of drug-likeness (QED) is 0.566. The molecule has 0 spiro atoms. The highest BCUT2D eigenvalue weighted by atomic mass is 16.5. The predicted molar refractivity (Wildman–Crippen MR) is 114 cm³/mol. The number of aliphatic imine (C=N–C) groups is 1. The molecule has 1 saturated carbocycles. The molecule has 152 valence electrons. The topological polar surface area (TPSA) is 63.5 Å². The Bertz CT molecular complexity index is 805. The van der Waals surface area contributed by atoms with E-state index in [4.69, 9.17) is 9.73 Å². The lowest BCUT2D eigenvalue weighted by molar-refractivity contribution is 0.208. The van der Waals surface area contributed by atoms with Gasteiger partial charge in [0.2, 0.25) is 0 Å². The molecule has 1 aromatic carbocycles. The molecule has 0 amide bonds. The van der Waals surface area contributed by atoms with Crippen LogP contribution in [0.4, 0.5) is 0 Å². The van der Waals surface area contributed by atoms with Crippen molar-refractivity contribution < 1.29 is 4.74 Å². The van der Waals surface area contributed by atoms with E-state index in [2.05, 4.69) is 47.8 Å². The number of ether oxygens (including phenoxy) is 1. The van der Waals surface area contributed by atoms with Crippen molar-refractivity contribution in [1.29, 1.82) is 0 Å². The Kier molecular flexibility index (Phi) is 6.95. The molecule has 1 aromatic heterocycles. The van der Waals surface area contributed by atoms with Gasteiger partial charge in [-0.1, -0.05) is 18.2 Å². The van der Waals surface area contributed by atoms with Gasteiger partial charge in [0.05, 0.1) is 18.3 Å². The predicted octanol–water partition coefficient (Wildman–Crippen LogP) is 3.61. The van der Waals surface area contributed by atoms with Crippen LogP contribution >= 0.6 is 0 Å². The zero-order valence-electron chi connectivity index (χ0n) is 17.6. The molecule has 2 N–H and O–H groups in total. The van der Waals surface area contributed by atoms with Crippen molar-refractivity contribution in [3.8, 4) is 5.75 Å². The van der Waals surface area contributed by atoms with E-state index in [0.717, 1.165) is 42.4 Å². The van der Waals surface area contributed by atoms with Crippen LogP contribution in [0.25, 0.3) is 0 Å². The number of aromatic nitrogens is 2. The van der Waals surface area contributed by atoms with Crippen LogP contribution in [0.5, 0.6) is 5.75 Å². The minimum Gasteiger partial charge on any atom is -0.490 e. The number of aryl methyl sites for hydroxylation is 2. The summed E-state index contributed by atoms with van der Waals surface area (Å²) < 4.78 is 8.16. The van der Waals surface area contributed by atoms with Gasteiger partial charge in [-0.05, 0) is 52.5 Å². The lowest BCUT2D eigenvalue weighted by Crippen LogP contribution is -2.37. The van der Waals surface area contributed by atoms with Gasteiger partial charge in [0.15, 0.2) is 5.96 Å². The first-order valence-corrected chi connectivity index (χ1v) is 10.3. The Morgan fingerprint density at radius 2 is 1.96 bits per heavy atom. The standard InChI is InChI=1S/C22H33N5O/c1-5-23-22(25-15-20-16(2)26-27(4)17(20)3)24-14-18-10-6-9-13-21(18)28-19-11-7-8-12-19/h6,9-10,13,19H,5,7-8,11-12,14-15H2,1-4H3,(H2,23,24,25). The Morgan fingerprint density at radius 1 is 1.21 bits per heavy atom. The van der Waals surface area contributed by atoms with Crippen molar-refractivity contribution >= 4 is 5.96 Å². The van der Waals surface area contributed by atoms with Crippen molar-refractivity contribution in [2.24, 2.45) is 12.0 Å². The summed E-state index contributed by atoms with van der Waals surface area (Å²) in [6.07, 6.45) is 5.21. The zero-order valence-corrected chi connectivity index (χ0v) is 17.6. The molecule has 1 aliphatic carbocycles. The van der Waals surface area contributed by atoms with E-state index < -0.39 is 0 Å². The number of guanidine groups is 1. The lowest BCUT2D eigenvalue weighted by atomic mass is 10.2. The van der Waals surface area contributed by atoms with Crippen LogP contribution in [-0.2, 0) is 20.1 Å². The van der Waals surface area contributed by atoms with Gasteiger partial charge in [0.25, 0.3) is 0 Å². The van der Waals surface area contributed by atoms with E-state index in [-0.39, 0.29) is 0 Å². The number of hydrogen-bond donors (Lipinski definition) is 2. The van der Waals surface area contributed by atoms with Gasteiger partial charge in [-0.15, -0.1) is 0 Å². The molecule has 1 heterocycles. The van der Waals surface area contributed by atoms with Crippen molar-refractivity contribution in [3.05, 3.63) is 46.8 Å². The first kappa shape index (κ1) is 20.2. The molecular weight excluding hydrogens is 350 g/mol. The second-order valence-electron chi connectivity index (χ2n) is 7.45. The maximum absolute atomic E-state index is 6.24. The SMILES string of the molecule is CCNC(=NCc1ccccc1OC1CCCC1)NCc1c(C)nn(C)c1C. The molecule has 3 rings (SSSR count). The molecule has 1 fully saturated rings. The highest BCUT2D eigenvalue weighted by Gasteiger charge is 2.17. The Balaban J connectivity index is 1.67. The van der Waals surface area contributed by atoms with Crippen LogP contribution in [0.3, 0.4) is 0 Å². The monoisotopic (exact) mass is 383 g/mol. The molecule has 0 aliphatic heterocycles. The number of hydrogen-bond acceptors (Lipinski definition) is 3. The second kappa shape index (κ2) is 9.62. The molecule has 28 heavy (non-hydrogen) atoms. The third-order valence-corrected chi connectivity index (χ3v) is 5.41. The number of para-hydroxylation sites is 1. The van der Waals surface area contributed by atoms with E-state index in [1.54, 1.807) is 0 Å². The number of nitrogens with zero attached hydrogens (tertiary/aromatic N) is 3. The van der Waals surface area contributed by atoms with Crippen LogP contribution < -0.4 is 15.4 Å². The Labute approximate surface area is 168 Å². The maximum atomic E-state index is 6.24. The van der Waals surface area contributed by atoms with Gasteiger partial charge in [-0.3, -0.25) is 4.68 Å². The third kappa shape index (κ3) is 5.06. The fourth-order valence-electron chi connectivity index (χ4n) is 3.69. The van der Waals surface area contributed by atoms with Crippen molar-refractivity contribution in [3.63, 3.8) is 0 Å². The van der Waals surface area contributed by atoms with Crippen LogP contribution in [-0.4, -0.2) is 28.4 Å². The summed E-state index contributed by atoms with van der Waals surface area (Å²) >= 11 is 0. The molecule has 2 aromatic rings. The van der Waals surface area contributed by atoms with Crippen LogP contribution in [0.2, 0.25) is 0 Å². The van der Waals surface area contributed by atoms with Gasteiger partial charge in [-0.25, -0.2) is 4.99 Å². The molecule has 6 heteroatoms. The summed E-state index contributed by atoms with van der Waals surface area (Å²) in [7, 11) is 1.98. The van der Waals surface area contributed by atoms with E-state index in [0.29, 0.717) is 19.2 Å². The molecule has 0 atom stereocenters. The number of rotatable bonds is 7. The van der Waals surface area contributed by atoms with Crippen LogP contribution in [0, 0.1) is 13.8 Å². The largest absolute Gasteiger partial charge is 0.490 e. The summed E-state index contributed by atoms with van der Waals surface area (Å²) in [5, 5.41) is 11.3. The van der Waals surface area contributed by atoms with E-state index in [9.17, 15) is 0 Å². The highest BCUT2D eigenvalue weighted by molar-refractivity contribution is 5.79.